The van der Waals surface area contributed by atoms with Crippen molar-refractivity contribution in [1.82, 2.24) is 14.5 Å². The minimum Gasteiger partial charge on any atom is -0.348 e. The number of nitrogens with zero attached hydrogens (tertiary/aromatic N) is 3. The van der Waals surface area contributed by atoms with Gasteiger partial charge in [0.2, 0.25) is 5.95 Å². The number of hydrogen-bond acceptors (Lipinski definition) is 4. The maximum atomic E-state index is 4.46. The average molecular weight is 262 g/mol. The van der Waals surface area contributed by atoms with Crippen molar-refractivity contribution < 1.29 is 0 Å². The van der Waals surface area contributed by atoms with Crippen LogP contribution in [0.1, 0.15) is 28.5 Å². The van der Waals surface area contributed by atoms with E-state index in [-0.39, 0.29) is 6.04 Å². The average Bonchev–Trinajstić information content (AvgIpc) is 2.87. The third-order valence-corrected chi connectivity index (χ3v) is 3.98. The van der Waals surface area contributed by atoms with E-state index in [1.54, 1.807) is 17.5 Å². The van der Waals surface area contributed by atoms with E-state index in [0.717, 1.165) is 23.2 Å². The molecule has 0 saturated carbocycles. The summed E-state index contributed by atoms with van der Waals surface area (Å²) in [5, 5.41) is 4.52. The fourth-order valence-corrected chi connectivity index (χ4v) is 2.87. The number of aryl methyl sites for hydroxylation is 2. The van der Waals surface area contributed by atoms with Crippen LogP contribution < -0.4 is 5.32 Å². The first-order valence-electron chi connectivity index (χ1n) is 5.94. The number of hydrogen-bond donors (Lipinski definition) is 1. The first-order valence-corrected chi connectivity index (χ1v) is 6.76. The topological polar surface area (TPSA) is 42.7 Å². The van der Waals surface area contributed by atoms with E-state index in [0.29, 0.717) is 0 Å². The van der Waals surface area contributed by atoms with Crippen molar-refractivity contribution in [3.63, 3.8) is 0 Å². The molecule has 0 aromatic carbocycles. The summed E-state index contributed by atoms with van der Waals surface area (Å²) in [5.74, 6) is 0.868. The molecule has 0 aliphatic rings. The molecule has 5 heteroatoms. The molecule has 18 heavy (non-hydrogen) atoms. The van der Waals surface area contributed by atoms with Crippen molar-refractivity contribution in [2.24, 2.45) is 0 Å². The Morgan fingerprint density at radius 1 is 1.56 bits per heavy atom. The van der Waals surface area contributed by atoms with Crippen LogP contribution in [0.3, 0.4) is 0 Å². The Labute approximate surface area is 111 Å². The molecule has 1 atom stereocenters. The van der Waals surface area contributed by atoms with Crippen LogP contribution >= 0.6 is 11.3 Å². The standard InChI is InChI=1S/C13H18N4S/c1-5-7-17-8-6-14-13(17)16-10(3)12-9(2)15-11(4)18-12/h5-6,8,10H,1,7H2,2-4H3,(H,14,16). The van der Waals surface area contributed by atoms with Crippen LogP contribution in [0.15, 0.2) is 25.0 Å². The Bertz CT molecular complexity index is 541. The van der Waals surface area contributed by atoms with Crippen LogP contribution in [-0.2, 0) is 6.54 Å². The summed E-state index contributed by atoms with van der Waals surface area (Å²) in [6.45, 7) is 10.7. The molecule has 1 N–H and O–H groups in total. The van der Waals surface area contributed by atoms with Gasteiger partial charge in [-0.05, 0) is 20.8 Å². The number of thiazole rings is 1. The summed E-state index contributed by atoms with van der Waals surface area (Å²) in [7, 11) is 0. The monoisotopic (exact) mass is 262 g/mol. The normalized spacial score (nSPS) is 12.4. The van der Waals surface area contributed by atoms with Gasteiger partial charge in [0.05, 0.1) is 16.7 Å². The molecule has 0 aliphatic carbocycles. The summed E-state index contributed by atoms with van der Waals surface area (Å²) in [6, 6.07) is 0.210. The smallest absolute Gasteiger partial charge is 0.203 e. The van der Waals surface area contributed by atoms with E-state index in [9.17, 15) is 0 Å². The highest BCUT2D eigenvalue weighted by atomic mass is 32.1. The van der Waals surface area contributed by atoms with Gasteiger partial charge in [0, 0.05) is 23.8 Å². The molecule has 0 bridgehead atoms. The zero-order chi connectivity index (χ0) is 13.1. The Hall–Kier alpha value is -1.62. The predicted octanol–water partition coefficient (Wildman–Crippen LogP) is 3.32. The molecule has 0 amide bonds. The second-order valence-electron chi connectivity index (χ2n) is 4.24. The zero-order valence-electron chi connectivity index (χ0n) is 11.0. The summed E-state index contributed by atoms with van der Waals surface area (Å²) >= 11 is 1.73. The predicted molar refractivity (Wildman–Crippen MR) is 76.0 cm³/mol. The van der Waals surface area contributed by atoms with Crippen molar-refractivity contribution in [2.45, 2.75) is 33.4 Å². The number of nitrogens with one attached hydrogen (secondary N) is 1. The van der Waals surface area contributed by atoms with Gasteiger partial charge in [0.1, 0.15) is 0 Å². The molecular weight excluding hydrogens is 244 g/mol. The van der Waals surface area contributed by atoms with E-state index in [2.05, 4.69) is 28.8 Å². The van der Waals surface area contributed by atoms with Crippen LogP contribution in [0.4, 0.5) is 5.95 Å². The lowest BCUT2D eigenvalue weighted by molar-refractivity contribution is 0.786. The van der Waals surface area contributed by atoms with Crippen molar-refractivity contribution in [1.29, 1.82) is 0 Å². The van der Waals surface area contributed by atoms with Crippen LogP contribution in [-0.4, -0.2) is 14.5 Å². The van der Waals surface area contributed by atoms with Gasteiger partial charge in [-0.25, -0.2) is 9.97 Å². The summed E-state index contributed by atoms with van der Waals surface area (Å²) in [4.78, 5) is 10.0. The number of allylic oxidation sites excluding steroid dienone is 1. The molecule has 0 aliphatic heterocycles. The van der Waals surface area contributed by atoms with Crippen LogP contribution in [0.2, 0.25) is 0 Å². The van der Waals surface area contributed by atoms with Gasteiger partial charge < -0.3 is 9.88 Å². The minimum atomic E-state index is 0.210. The minimum absolute atomic E-state index is 0.210. The number of imidazole rings is 1. The molecule has 2 aromatic rings. The Morgan fingerprint density at radius 2 is 2.33 bits per heavy atom. The highest BCUT2D eigenvalue weighted by molar-refractivity contribution is 7.11. The van der Waals surface area contributed by atoms with Gasteiger partial charge in [-0.1, -0.05) is 6.08 Å². The Morgan fingerprint density at radius 3 is 2.94 bits per heavy atom. The number of aromatic nitrogens is 3. The quantitative estimate of drug-likeness (QED) is 0.841. The van der Waals surface area contributed by atoms with E-state index in [1.165, 1.54) is 4.88 Å². The van der Waals surface area contributed by atoms with Crippen molar-refractivity contribution in [3.05, 3.63) is 40.6 Å². The van der Waals surface area contributed by atoms with E-state index in [4.69, 9.17) is 0 Å². The third-order valence-electron chi connectivity index (χ3n) is 2.72. The van der Waals surface area contributed by atoms with Crippen LogP contribution in [0.25, 0.3) is 0 Å². The maximum absolute atomic E-state index is 4.46. The first-order chi connectivity index (χ1) is 8.61. The molecule has 2 rings (SSSR count). The molecule has 0 radical (unpaired) electrons. The molecule has 2 aromatic heterocycles. The highest BCUT2D eigenvalue weighted by Crippen LogP contribution is 2.26. The Balaban J connectivity index is 2.15. The molecular formula is C13H18N4S. The van der Waals surface area contributed by atoms with Crippen LogP contribution in [0, 0.1) is 13.8 Å². The molecule has 96 valence electrons. The molecule has 1 unspecified atom stereocenters. The second kappa shape index (κ2) is 5.35. The zero-order valence-corrected chi connectivity index (χ0v) is 11.8. The maximum Gasteiger partial charge on any atom is 0.203 e. The van der Waals surface area contributed by atoms with Gasteiger partial charge in [-0.15, -0.1) is 17.9 Å². The van der Waals surface area contributed by atoms with E-state index >= 15 is 0 Å². The van der Waals surface area contributed by atoms with Gasteiger partial charge in [0.15, 0.2) is 0 Å². The molecule has 0 saturated heterocycles. The fraction of sp³-hybridized carbons (Fsp3) is 0.385. The lowest BCUT2D eigenvalue weighted by Crippen LogP contribution is -2.11. The summed E-state index contributed by atoms with van der Waals surface area (Å²) in [6.07, 6.45) is 5.60. The lowest BCUT2D eigenvalue weighted by Gasteiger charge is -2.14. The van der Waals surface area contributed by atoms with Crippen molar-refractivity contribution >= 4 is 17.3 Å². The first kappa shape index (κ1) is 12.8. The van der Waals surface area contributed by atoms with E-state index < -0.39 is 0 Å². The molecule has 0 fully saturated rings. The van der Waals surface area contributed by atoms with Crippen molar-refractivity contribution in [3.8, 4) is 0 Å². The van der Waals surface area contributed by atoms with Crippen LogP contribution in [0.5, 0.6) is 0 Å². The summed E-state index contributed by atoms with van der Waals surface area (Å²) < 4.78 is 2.03. The Kier molecular flexibility index (Phi) is 3.81. The lowest BCUT2D eigenvalue weighted by atomic mass is 10.2. The van der Waals surface area contributed by atoms with Gasteiger partial charge in [-0.3, -0.25) is 0 Å². The highest BCUT2D eigenvalue weighted by Gasteiger charge is 2.14. The number of anilines is 1. The summed E-state index contributed by atoms with van der Waals surface area (Å²) in [5.41, 5.74) is 1.10. The second-order valence-corrected chi connectivity index (χ2v) is 5.48. The molecule has 2 heterocycles. The van der Waals surface area contributed by atoms with Gasteiger partial charge in [-0.2, -0.15) is 0 Å². The fourth-order valence-electron chi connectivity index (χ4n) is 1.94. The third kappa shape index (κ3) is 2.61. The van der Waals surface area contributed by atoms with E-state index in [1.807, 2.05) is 30.7 Å². The molecule has 0 spiro atoms. The van der Waals surface area contributed by atoms with Crippen molar-refractivity contribution in [2.75, 3.05) is 5.32 Å². The largest absolute Gasteiger partial charge is 0.348 e. The molecule has 4 nitrogen and oxygen atoms in total. The van der Waals surface area contributed by atoms with Gasteiger partial charge in [0.25, 0.3) is 0 Å². The SMILES string of the molecule is C=CCn1ccnc1NC(C)c1sc(C)nc1C. The van der Waals surface area contributed by atoms with Gasteiger partial charge >= 0.3 is 0 Å². The number of rotatable bonds is 5.